The minimum Gasteiger partial charge on any atom is -0.493 e. The van der Waals surface area contributed by atoms with E-state index in [4.69, 9.17) is 15.2 Å². The fourth-order valence-electron chi connectivity index (χ4n) is 2.25. The molecule has 2 aromatic rings. The Labute approximate surface area is 139 Å². The summed E-state index contributed by atoms with van der Waals surface area (Å²) >= 11 is 0. The van der Waals surface area contributed by atoms with Crippen LogP contribution in [0.15, 0.2) is 48.5 Å². The molecular formula is C20H27NO2. The molecule has 0 amide bonds. The Hall–Kier alpha value is -2.16. The molecule has 0 aromatic heterocycles. The van der Waals surface area contributed by atoms with Crippen LogP contribution in [0.5, 0.6) is 11.5 Å². The fourth-order valence-corrected chi connectivity index (χ4v) is 2.25. The molecule has 0 saturated heterocycles. The highest BCUT2D eigenvalue weighted by atomic mass is 16.5. The Bertz CT molecular complexity index is 605. The fraction of sp³-hybridized carbons (Fsp3) is 0.400. The summed E-state index contributed by atoms with van der Waals surface area (Å²) in [7, 11) is 0. The molecule has 0 saturated carbocycles. The number of para-hydroxylation sites is 2. The summed E-state index contributed by atoms with van der Waals surface area (Å²) in [4.78, 5) is 0. The first-order valence-corrected chi connectivity index (χ1v) is 8.23. The van der Waals surface area contributed by atoms with Gasteiger partial charge in [-0.2, -0.15) is 0 Å². The minimum absolute atomic E-state index is 0.210. The SMILES string of the molecule is CCC(C)(C)c1ccc(OCCCOc2ccccc2N)cc1. The van der Waals surface area contributed by atoms with Gasteiger partial charge in [0.05, 0.1) is 18.9 Å². The first kappa shape index (κ1) is 17.2. The number of rotatable bonds is 8. The predicted octanol–water partition coefficient (Wildman–Crippen LogP) is 4.80. The molecule has 0 fully saturated rings. The maximum absolute atomic E-state index is 5.83. The van der Waals surface area contributed by atoms with Gasteiger partial charge in [-0.1, -0.05) is 45.0 Å². The topological polar surface area (TPSA) is 44.5 Å². The van der Waals surface area contributed by atoms with Crippen LogP contribution < -0.4 is 15.2 Å². The molecule has 2 aromatic carbocycles. The smallest absolute Gasteiger partial charge is 0.142 e. The monoisotopic (exact) mass is 313 g/mol. The molecule has 2 rings (SSSR count). The van der Waals surface area contributed by atoms with E-state index in [0.717, 1.165) is 24.3 Å². The molecule has 0 radical (unpaired) electrons. The third kappa shape index (κ3) is 4.92. The van der Waals surface area contributed by atoms with Gasteiger partial charge in [0.2, 0.25) is 0 Å². The van der Waals surface area contributed by atoms with Gasteiger partial charge in [-0.25, -0.2) is 0 Å². The van der Waals surface area contributed by atoms with E-state index in [1.165, 1.54) is 5.56 Å². The standard InChI is InChI=1S/C20H27NO2/c1-4-20(2,3)16-10-12-17(13-11-16)22-14-7-15-23-19-9-6-5-8-18(19)21/h5-6,8-13H,4,7,14-15,21H2,1-3H3. The van der Waals surface area contributed by atoms with Crippen molar-refractivity contribution in [1.29, 1.82) is 0 Å². The van der Waals surface area contributed by atoms with Gasteiger partial charge >= 0.3 is 0 Å². The van der Waals surface area contributed by atoms with Gasteiger partial charge < -0.3 is 15.2 Å². The van der Waals surface area contributed by atoms with E-state index < -0.39 is 0 Å². The molecule has 0 atom stereocenters. The summed E-state index contributed by atoms with van der Waals surface area (Å²) in [5, 5.41) is 0. The van der Waals surface area contributed by atoms with Gasteiger partial charge in [-0.05, 0) is 41.7 Å². The molecule has 0 bridgehead atoms. The number of benzene rings is 2. The second-order valence-corrected chi connectivity index (χ2v) is 6.35. The van der Waals surface area contributed by atoms with Crippen LogP contribution in [-0.4, -0.2) is 13.2 Å². The molecule has 0 aliphatic carbocycles. The summed E-state index contributed by atoms with van der Waals surface area (Å²) < 4.78 is 11.4. The Kier molecular flexibility index (Phi) is 5.91. The Morgan fingerprint density at radius 3 is 2.22 bits per heavy atom. The van der Waals surface area contributed by atoms with E-state index in [9.17, 15) is 0 Å². The quantitative estimate of drug-likeness (QED) is 0.562. The number of ether oxygens (including phenoxy) is 2. The lowest BCUT2D eigenvalue weighted by Gasteiger charge is -2.23. The van der Waals surface area contributed by atoms with Crippen LogP contribution in [0, 0.1) is 0 Å². The van der Waals surface area contributed by atoms with Crippen LogP contribution in [-0.2, 0) is 5.41 Å². The highest BCUT2D eigenvalue weighted by Gasteiger charge is 2.17. The Morgan fingerprint density at radius 2 is 1.57 bits per heavy atom. The molecule has 0 unspecified atom stereocenters. The molecule has 23 heavy (non-hydrogen) atoms. The third-order valence-electron chi connectivity index (χ3n) is 4.25. The lowest BCUT2D eigenvalue weighted by molar-refractivity contribution is 0.248. The van der Waals surface area contributed by atoms with Crippen molar-refractivity contribution < 1.29 is 9.47 Å². The van der Waals surface area contributed by atoms with Crippen molar-refractivity contribution in [2.24, 2.45) is 0 Å². The highest BCUT2D eigenvalue weighted by Crippen LogP contribution is 2.28. The van der Waals surface area contributed by atoms with Crippen LogP contribution in [0.2, 0.25) is 0 Å². The van der Waals surface area contributed by atoms with Crippen molar-refractivity contribution in [2.75, 3.05) is 18.9 Å². The molecular weight excluding hydrogens is 286 g/mol. The van der Waals surface area contributed by atoms with Gasteiger partial charge in [0.1, 0.15) is 11.5 Å². The van der Waals surface area contributed by atoms with E-state index in [-0.39, 0.29) is 5.41 Å². The maximum atomic E-state index is 5.83. The average molecular weight is 313 g/mol. The van der Waals surface area contributed by atoms with Crippen LogP contribution in [0.1, 0.15) is 39.2 Å². The van der Waals surface area contributed by atoms with Crippen molar-refractivity contribution in [1.82, 2.24) is 0 Å². The van der Waals surface area contributed by atoms with Crippen LogP contribution >= 0.6 is 0 Å². The third-order valence-corrected chi connectivity index (χ3v) is 4.25. The van der Waals surface area contributed by atoms with Crippen molar-refractivity contribution in [3.8, 4) is 11.5 Å². The largest absolute Gasteiger partial charge is 0.493 e. The highest BCUT2D eigenvalue weighted by molar-refractivity contribution is 5.51. The maximum Gasteiger partial charge on any atom is 0.142 e. The summed E-state index contributed by atoms with van der Waals surface area (Å²) in [6.07, 6.45) is 1.93. The van der Waals surface area contributed by atoms with E-state index in [2.05, 4.69) is 32.9 Å². The van der Waals surface area contributed by atoms with Crippen molar-refractivity contribution in [3.63, 3.8) is 0 Å². The first-order chi connectivity index (χ1) is 11.0. The summed E-state index contributed by atoms with van der Waals surface area (Å²) in [6, 6.07) is 15.9. The van der Waals surface area contributed by atoms with E-state index in [1.54, 1.807) is 0 Å². The van der Waals surface area contributed by atoms with Gasteiger partial charge in [-0.15, -0.1) is 0 Å². The number of nitrogen functional groups attached to an aromatic ring is 1. The van der Waals surface area contributed by atoms with Gasteiger partial charge in [0.15, 0.2) is 0 Å². The lowest BCUT2D eigenvalue weighted by Crippen LogP contribution is -2.15. The van der Waals surface area contributed by atoms with Crippen molar-refractivity contribution >= 4 is 5.69 Å². The zero-order valence-electron chi connectivity index (χ0n) is 14.3. The second kappa shape index (κ2) is 7.91. The second-order valence-electron chi connectivity index (χ2n) is 6.35. The Morgan fingerprint density at radius 1 is 0.913 bits per heavy atom. The van der Waals surface area contributed by atoms with E-state index >= 15 is 0 Å². The van der Waals surface area contributed by atoms with Crippen molar-refractivity contribution in [2.45, 2.75) is 39.0 Å². The van der Waals surface area contributed by atoms with Crippen LogP contribution in [0.3, 0.4) is 0 Å². The van der Waals surface area contributed by atoms with Crippen molar-refractivity contribution in [3.05, 3.63) is 54.1 Å². The van der Waals surface area contributed by atoms with Crippen LogP contribution in [0.4, 0.5) is 5.69 Å². The molecule has 3 nitrogen and oxygen atoms in total. The zero-order valence-corrected chi connectivity index (χ0v) is 14.3. The lowest BCUT2D eigenvalue weighted by atomic mass is 9.82. The molecule has 0 aliphatic heterocycles. The van der Waals surface area contributed by atoms with E-state index in [0.29, 0.717) is 18.9 Å². The molecule has 0 heterocycles. The van der Waals surface area contributed by atoms with E-state index in [1.807, 2.05) is 36.4 Å². The number of hydrogen-bond donors (Lipinski definition) is 1. The minimum atomic E-state index is 0.210. The predicted molar refractivity (Wildman–Crippen MR) is 96.2 cm³/mol. The number of anilines is 1. The average Bonchev–Trinajstić information content (AvgIpc) is 2.56. The normalized spacial score (nSPS) is 11.3. The summed E-state index contributed by atoms with van der Waals surface area (Å²) in [6.45, 7) is 7.95. The Balaban J connectivity index is 1.73. The van der Waals surface area contributed by atoms with Gasteiger partial charge in [0, 0.05) is 6.42 Å². The molecule has 0 spiro atoms. The molecule has 124 valence electrons. The molecule has 3 heteroatoms. The first-order valence-electron chi connectivity index (χ1n) is 8.23. The summed E-state index contributed by atoms with van der Waals surface area (Å²) in [5.74, 6) is 1.64. The van der Waals surface area contributed by atoms with Gasteiger partial charge in [-0.3, -0.25) is 0 Å². The molecule has 2 N–H and O–H groups in total. The summed E-state index contributed by atoms with van der Waals surface area (Å²) in [5.41, 5.74) is 8.05. The zero-order chi connectivity index (χ0) is 16.7. The number of nitrogens with two attached hydrogens (primary N) is 1. The van der Waals surface area contributed by atoms with Gasteiger partial charge in [0.25, 0.3) is 0 Å². The van der Waals surface area contributed by atoms with Crippen LogP contribution in [0.25, 0.3) is 0 Å². The number of hydrogen-bond acceptors (Lipinski definition) is 3. The molecule has 0 aliphatic rings.